The normalized spacial score (nSPS) is 11.4. The number of nitro groups is 1. The van der Waals surface area contributed by atoms with Gasteiger partial charge in [-0.25, -0.2) is 4.39 Å². The lowest BCUT2D eigenvalue weighted by Gasteiger charge is -2.15. The topological polar surface area (TPSA) is 125 Å². The first-order valence-corrected chi connectivity index (χ1v) is 7.09. The maximum Gasteiger partial charge on any atom is 0.311 e. The van der Waals surface area contributed by atoms with E-state index in [1.165, 1.54) is 31.2 Å². The van der Waals surface area contributed by atoms with Crippen LogP contribution in [-0.4, -0.2) is 22.8 Å². The van der Waals surface area contributed by atoms with Gasteiger partial charge in [0.15, 0.2) is 6.10 Å². The molecule has 0 radical (unpaired) electrons. The Morgan fingerprint density at radius 2 is 1.88 bits per heavy atom. The number of carbonyl (C=O) groups excluding carboxylic acids is 2. The summed E-state index contributed by atoms with van der Waals surface area (Å²) in [6, 6.07) is 8.52. The third kappa shape index (κ3) is 4.50. The van der Waals surface area contributed by atoms with Crippen LogP contribution in [0.3, 0.4) is 0 Å². The van der Waals surface area contributed by atoms with Crippen LogP contribution in [0.4, 0.5) is 15.8 Å². The molecule has 2 amide bonds. The Morgan fingerprint density at radius 1 is 1.24 bits per heavy atom. The molecule has 25 heavy (non-hydrogen) atoms. The molecule has 3 N–H and O–H groups in total. The molecule has 2 aromatic rings. The highest BCUT2D eigenvalue weighted by Crippen LogP contribution is 2.28. The number of hydrogen-bond acceptors (Lipinski definition) is 5. The summed E-state index contributed by atoms with van der Waals surface area (Å²) < 4.78 is 18.5. The number of rotatable bonds is 6. The second-order valence-corrected chi connectivity index (χ2v) is 5.06. The number of benzene rings is 2. The summed E-state index contributed by atoms with van der Waals surface area (Å²) in [5.74, 6) is -2.29. The number of ether oxygens (including phenoxy) is 1. The van der Waals surface area contributed by atoms with Gasteiger partial charge < -0.3 is 15.8 Å². The standard InChI is InChI=1S/C16H14FN3O5/c1-9(25-14-8-11(17)4-7-13(14)20(23)24)16(22)19-12-5-2-10(3-6-12)15(18)21/h2-9H,1H3,(H2,18,21)(H,19,22). The van der Waals surface area contributed by atoms with Crippen molar-refractivity contribution < 1.29 is 23.6 Å². The van der Waals surface area contributed by atoms with Crippen molar-refractivity contribution in [1.29, 1.82) is 0 Å². The fraction of sp³-hybridized carbons (Fsp3) is 0.125. The first kappa shape index (κ1) is 17.9. The maximum atomic E-state index is 13.3. The number of carbonyl (C=O) groups is 2. The first-order chi connectivity index (χ1) is 11.8. The lowest BCUT2D eigenvalue weighted by Crippen LogP contribution is -2.30. The van der Waals surface area contributed by atoms with Gasteiger partial charge in [0.05, 0.1) is 4.92 Å². The second-order valence-electron chi connectivity index (χ2n) is 5.06. The summed E-state index contributed by atoms with van der Waals surface area (Å²) in [5.41, 5.74) is 5.32. The van der Waals surface area contributed by atoms with E-state index in [1.807, 2.05) is 0 Å². The largest absolute Gasteiger partial charge is 0.474 e. The van der Waals surface area contributed by atoms with Gasteiger partial charge in [-0.15, -0.1) is 0 Å². The van der Waals surface area contributed by atoms with Crippen molar-refractivity contribution in [2.24, 2.45) is 5.73 Å². The van der Waals surface area contributed by atoms with Gasteiger partial charge in [-0.1, -0.05) is 0 Å². The fourth-order valence-corrected chi connectivity index (χ4v) is 1.94. The third-order valence-electron chi connectivity index (χ3n) is 3.23. The van der Waals surface area contributed by atoms with E-state index in [0.717, 1.165) is 18.2 Å². The highest BCUT2D eigenvalue weighted by molar-refractivity contribution is 5.96. The summed E-state index contributed by atoms with van der Waals surface area (Å²) in [4.78, 5) is 33.3. The number of primary amides is 1. The third-order valence-corrected chi connectivity index (χ3v) is 3.23. The van der Waals surface area contributed by atoms with Gasteiger partial charge in [-0.2, -0.15) is 0 Å². The summed E-state index contributed by atoms with van der Waals surface area (Å²) in [6.45, 7) is 1.36. The Balaban J connectivity index is 2.09. The first-order valence-electron chi connectivity index (χ1n) is 7.09. The molecule has 8 nitrogen and oxygen atoms in total. The summed E-state index contributed by atoms with van der Waals surface area (Å²) >= 11 is 0. The molecule has 0 aliphatic carbocycles. The average Bonchev–Trinajstić information content (AvgIpc) is 2.55. The molecule has 0 aliphatic heterocycles. The Hall–Kier alpha value is -3.49. The minimum absolute atomic E-state index is 0.276. The Labute approximate surface area is 141 Å². The van der Waals surface area contributed by atoms with Gasteiger partial charge in [-0.05, 0) is 37.3 Å². The van der Waals surface area contributed by atoms with Crippen molar-refractivity contribution in [3.8, 4) is 5.75 Å². The van der Waals surface area contributed by atoms with E-state index in [4.69, 9.17) is 10.5 Å². The van der Waals surface area contributed by atoms with Crippen LogP contribution in [0.5, 0.6) is 5.75 Å². The van der Waals surface area contributed by atoms with Crippen LogP contribution >= 0.6 is 0 Å². The molecule has 0 saturated heterocycles. The number of nitrogens with two attached hydrogens (primary N) is 1. The van der Waals surface area contributed by atoms with E-state index in [-0.39, 0.29) is 11.3 Å². The molecule has 0 heterocycles. The lowest BCUT2D eigenvalue weighted by atomic mass is 10.2. The molecule has 2 aromatic carbocycles. The molecule has 9 heteroatoms. The van der Waals surface area contributed by atoms with E-state index in [9.17, 15) is 24.1 Å². The van der Waals surface area contributed by atoms with E-state index in [0.29, 0.717) is 5.69 Å². The van der Waals surface area contributed by atoms with Gasteiger partial charge in [0.1, 0.15) is 5.82 Å². The Bertz CT molecular complexity index is 823. The number of nitrogens with zero attached hydrogens (tertiary/aromatic N) is 1. The Kier molecular flexibility index (Phi) is 5.28. The summed E-state index contributed by atoms with van der Waals surface area (Å²) in [7, 11) is 0. The highest BCUT2D eigenvalue weighted by atomic mass is 19.1. The van der Waals surface area contributed by atoms with Gasteiger partial charge in [0.2, 0.25) is 11.7 Å². The molecule has 0 aromatic heterocycles. The van der Waals surface area contributed by atoms with Crippen molar-refractivity contribution in [2.45, 2.75) is 13.0 Å². The average molecular weight is 347 g/mol. The van der Waals surface area contributed by atoms with E-state index < -0.39 is 34.3 Å². The smallest absolute Gasteiger partial charge is 0.311 e. The lowest BCUT2D eigenvalue weighted by molar-refractivity contribution is -0.386. The van der Waals surface area contributed by atoms with E-state index in [2.05, 4.69) is 5.32 Å². The number of anilines is 1. The molecule has 1 atom stereocenters. The SMILES string of the molecule is CC(Oc1cc(F)ccc1[N+](=O)[O-])C(=O)Nc1ccc(C(N)=O)cc1. The van der Waals surface area contributed by atoms with Crippen molar-refractivity contribution in [2.75, 3.05) is 5.32 Å². The van der Waals surface area contributed by atoms with E-state index in [1.54, 1.807) is 0 Å². The molecule has 130 valence electrons. The van der Waals surface area contributed by atoms with Crippen molar-refractivity contribution >= 4 is 23.2 Å². The molecule has 2 rings (SSSR count). The van der Waals surface area contributed by atoms with Crippen molar-refractivity contribution in [3.05, 3.63) is 64.0 Å². The zero-order valence-electron chi connectivity index (χ0n) is 13.1. The van der Waals surface area contributed by atoms with Gasteiger partial charge in [0, 0.05) is 23.4 Å². The minimum atomic E-state index is -1.13. The number of nitro benzene ring substituents is 1. The van der Waals surface area contributed by atoms with Crippen molar-refractivity contribution in [3.63, 3.8) is 0 Å². The molecule has 0 bridgehead atoms. The van der Waals surface area contributed by atoms with E-state index >= 15 is 0 Å². The minimum Gasteiger partial charge on any atom is -0.474 e. The number of nitrogens with one attached hydrogen (secondary N) is 1. The molecule has 0 aliphatic rings. The van der Waals surface area contributed by atoms with Crippen LogP contribution in [0.2, 0.25) is 0 Å². The summed E-state index contributed by atoms with van der Waals surface area (Å²) in [6.07, 6.45) is -1.13. The van der Waals surface area contributed by atoms with Gasteiger partial charge in [0.25, 0.3) is 5.91 Å². The predicted molar refractivity (Wildman–Crippen MR) is 86.7 cm³/mol. The number of amides is 2. The molecule has 0 saturated carbocycles. The zero-order chi connectivity index (χ0) is 18.6. The quantitative estimate of drug-likeness (QED) is 0.612. The van der Waals surface area contributed by atoms with Crippen LogP contribution in [0, 0.1) is 15.9 Å². The maximum absolute atomic E-state index is 13.3. The monoisotopic (exact) mass is 347 g/mol. The molecular formula is C16H14FN3O5. The molecule has 0 fully saturated rings. The molecule has 1 unspecified atom stereocenters. The van der Waals surface area contributed by atoms with Crippen molar-refractivity contribution in [1.82, 2.24) is 0 Å². The highest BCUT2D eigenvalue weighted by Gasteiger charge is 2.22. The van der Waals surface area contributed by atoms with Gasteiger partial charge >= 0.3 is 5.69 Å². The number of hydrogen-bond donors (Lipinski definition) is 2. The Morgan fingerprint density at radius 3 is 2.44 bits per heavy atom. The zero-order valence-corrected chi connectivity index (χ0v) is 13.1. The molecular weight excluding hydrogens is 333 g/mol. The van der Waals surface area contributed by atoms with Crippen LogP contribution in [0.15, 0.2) is 42.5 Å². The van der Waals surface area contributed by atoms with Crippen LogP contribution < -0.4 is 15.8 Å². The van der Waals surface area contributed by atoms with Gasteiger partial charge in [-0.3, -0.25) is 19.7 Å². The summed E-state index contributed by atoms with van der Waals surface area (Å²) in [5, 5.41) is 13.4. The van der Waals surface area contributed by atoms with Crippen LogP contribution in [-0.2, 0) is 4.79 Å². The van der Waals surface area contributed by atoms with Crippen LogP contribution in [0.25, 0.3) is 0 Å². The number of halogens is 1. The second kappa shape index (κ2) is 7.39. The van der Waals surface area contributed by atoms with Crippen LogP contribution in [0.1, 0.15) is 17.3 Å². The molecule has 0 spiro atoms. The fourth-order valence-electron chi connectivity index (χ4n) is 1.94. The predicted octanol–water partition coefficient (Wildman–Crippen LogP) is 2.24.